The number of aromatic nitrogens is 2. The van der Waals surface area contributed by atoms with Crippen molar-refractivity contribution in [2.75, 3.05) is 11.1 Å². The van der Waals surface area contributed by atoms with Gasteiger partial charge in [0, 0.05) is 45.1 Å². The van der Waals surface area contributed by atoms with Gasteiger partial charge in [-0.15, -0.1) is 23.1 Å². The maximum atomic E-state index is 15.6. The number of amides is 2. The van der Waals surface area contributed by atoms with Gasteiger partial charge in [-0.05, 0) is 57.0 Å². The number of hydrogen-bond acceptors (Lipinski definition) is 12. The Hall–Kier alpha value is -9.60. The van der Waals surface area contributed by atoms with Crippen molar-refractivity contribution < 1.29 is 24.0 Å². The van der Waals surface area contributed by atoms with Crippen LogP contribution >= 0.6 is 34.9 Å². The molecule has 1 saturated heterocycles. The number of nitrogens with zero attached hydrogens (tertiary/aromatic N) is 4. The Bertz CT molecular complexity index is 3730. The van der Waals surface area contributed by atoms with E-state index < -0.39 is 46.4 Å². The van der Waals surface area contributed by atoms with E-state index in [0.717, 1.165) is 49.4 Å². The number of pyridine rings is 1. The summed E-state index contributed by atoms with van der Waals surface area (Å²) >= 11 is 4.20. The molecule has 2 amide bonds. The molecule has 0 spiro atoms. The van der Waals surface area contributed by atoms with Crippen molar-refractivity contribution in [3.63, 3.8) is 0 Å². The van der Waals surface area contributed by atoms with Crippen molar-refractivity contribution in [1.82, 2.24) is 20.2 Å². The van der Waals surface area contributed by atoms with E-state index in [1.165, 1.54) is 39.8 Å². The molecule has 12 rings (SSSR count). The third-order valence-corrected chi connectivity index (χ3v) is 17.6. The summed E-state index contributed by atoms with van der Waals surface area (Å²) in [5.41, 5.74) is 5.07. The van der Waals surface area contributed by atoms with Gasteiger partial charge in [-0.3, -0.25) is 19.5 Å². The van der Waals surface area contributed by atoms with Gasteiger partial charge >= 0.3 is 5.97 Å². The van der Waals surface area contributed by atoms with E-state index in [1.54, 1.807) is 17.8 Å². The smallest absolute Gasteiger partial charge is 0.356 e. The molecule has 2 aliphatic rings. The van der Waals surface area contributed by atoms with Gasteiger partial charge in [0.15, 0.2) is 16.9 Å². The number of anilines is 1. The number of benzene rings is 8. The molecule has 0 saturated carbocycles. The molecule has 2 aliphatic heterocycles. The average Bonchev–Trinajstić information content (AvgIpc) is 3.70. The predicted octanol–water partition coefficient (Wildman–Crippen LogP) is 13.9. The number of nitrogens with one attached hydrogen (secondary N) is 2. The zero-order valence-corrected chi connectivity index (χ0v) is 47.6. The molecule has 412 valence electrons. The summed E-state index contributed by atoms with van der Waals surface area (Å²) in [5, 5.41) is 15.3. The highest BCUT2D eigenvalue weighted by atomic mass is 32.2. The molecule has 0 aliphatic carbocycles. The van der Waals surface area contributed by atoms with Gasteiger partial charge in [0.1, 0.15) is 28.3 Å². The van der Waals surface area contributed by atoms with Crippen molar-refractivity contribution in [3.05, 3.63) is 346 Å². The van der Waals surface area contributed by atoms with Crippen molar-refractivity contribution in [2.24, 2.45) is 5.16 Å². The molecule has 0 bridgehead atoms. The fraction of sp³-hybridized carbons (Fsp3) is 0.0857. The van der Waals surface area contributed by atoms with E-state index in [2.05, 4.69) is 52.0 Å². The molecule has 10 aromatic rings. The summed E-state index contributed by atoms with van der Waals surface area (Å²) in [6, 6.07) is 81.5. The average molecular weight is 1160 g/mol. The number of allylic oxidation sites excluding steroid dienone is 1. The van der Waals surface area contributed by atoms with Crippen molar-refractivity contribution in [1.29, 1.82) is 0 Å². The molecule has 1 unspecified atom stereocenters. The number of fused-ring (bicyclic) bond motifs is 1. The zero-order chi connectivity index (χ0) is 57.1. The highest BCUT2D eigenvalue weighted by Gasteiger charge is 2.55. The van der Waals surface area contributed by atoms with Crippen LogP contribution in [0, 0.1) is 0 Å². The van der Waals surface area contributed by atoms with Crippen LogP contribution in [0.25, 0.3) is 0 Å². The maximum Gasteiger partial charge on any atom is 0.356 e. The van der Waals surface area contributed by atoms with Gasteiger partial charge in [-0.1, -0.05) is 260 Å². The Morgan fingerprint density at radius 3 is 1.55 bits per heavy atom. The first kappa shape index (κ1) is 55.0. The maximum absolute atomic E-state index is 15.6. The van der Waals surface area contributed by atoms with E-state index >= 15 is 9.59 Å². The third-order valence-electron chi connectivity index (χ3n) is 14.7. The lowest BCUT2D eigenvalue weighted by molar-refractivity contribution is -0.154. The highest BCUT2D eigenvalue weighted by molar-refractivity contribution is 8.02. The number of oxime groups is 1. The van der Waals surface area contributed by atoms with E-state index in [4.69, 9.17) is 19.7 Å². The summed E-state index contributed by atoms with van der Waals surface area (Å²) in [6.07, 6.45) is 4.49. The van der Waals surface area contributed by atoms with Crippen molar-refractivity contribution >= 4 is 63.5 Å². The Morgan fingerprint density at radius 1 is 0.619 bits per heavy atom. The molecule has 14 heteroatoms. The van der Waals surface area contributed by atoms with Crippen LogP contribution in [0.1, 0.15) is 56.3 Å². The number of rotatable bonds is 20. The Balaban J connectivity index is 0.934. The van der Waals surface area contributed by atoms with Crippen LogP contribution in [0.2, 0.25) is 0 Å². The predicted molar refractivity (Wildman–Crippen MR) is 334 cm³/mol. The lowest BCUT2D eigenvalue weighted by Gasteiger charge is -2.49. The van der Waals surface area contributed by atoms with E-state index in [-0.39, 0.29) is 17.1 Å². The summed E-state index contributed by atoms with van der Waals surface area (Å²) in [5.74, 6) is -1.57. The van der Waals surface area contributed by atoms with Crippen LogP contribution in [0.15, 0.2) is 305 Å². The van der Waals surface area contributed by atoms with Crippen molar-refractivity contribution in [3.8, 4) is 0 Å². The first-order valence-corrected chi connectivity index (χ1v) is 30.1. The number of hydrogen-bond donors (Lipinski definition) is 2. The molecule has 8 aromatic carbocycles. The monoisotopic (exact) mass is 1150 g/mol. The van der Waals surface area contributed by atoms with E-state index in [9.17, 15) is 4.79 Å². The second kappa shape index (κ2) is 25.3. The number of esters is 1. The first-order chi connectivity index (χ1) is 41.4. The lowest BCUT2D eigenvalue weighted by atomic mass is 9.77. The number of β-lactam (4-membered cyclic amide) rings is 1. The molecule has 2 atom stereocenters. The Morgan fingerprint density at radius 2 is 1.07 bits per heavy atom. The number of thioether (sulfide) groups is 2. The molecule has 0 radical (unpaired) electrons. The molecule has 11 nitrogen and oxygen atoms in total. The van der Waals surface area contributed by atoms with Gasteiger partial charge in [0.05, 0.1) is 0 Å². The molecule has 4 heterocycles. The van der Waals surface area contributed by atoms with Crippen LogP contribution in [-0.2, 0) is 35.1 Å². The van der Waals surface area contributed by atoms with Gasteiger partial charge in [0.2, 0.25) is 5.60 Å². The Kier molecular flexibility index (Phi) is 16.5. The summed E-state index contributed by atoms with van der Waals surface area (Å²) in [4.78, 5) is 64.4. The SMILES string of the molecule is O=C(OC(c1ccccc1)c1ccccc1)C1=C(/C=C/Sc2ccncc2)CS[C@@H]2C(NC(=O)/C(=N\OC(c3ccccc3)(c3ccccc3)c3ccccc3)c3csc(NC(c4ccccc4)(c4ccccc4)c4ccccc4)n3)C(=O)N12. The number of thiazole rings is 1. The van der Waals surface area contributed by atoms with Crippen LogP contribution in [-0.4, -0.2) is 55.5 Å². The normalized spacial score (nSPS) is 15.3. The summed E-state index contributed by atoms with van der Waals surface area (Å²) < 4.78 is 6.48. The minimum atomic E-state index is -1.38. The molecule has 1 fully saturated rings. The fourth-order valence-corrected chi connectivity index (χ4v) is 13.4. The third kappa shape index (κ3) is 11.2. The lowest BCUT2D eigenvalue weighted by Crippen LogP contribution is -2.71. The summed E-state index contributed by atoms with van der Waals surface area (Å²) in [7, 11) is 0. The van der Waals surface area contributed by atoms with Crippen LogP contribution in [0.3, 0.4) is 0 Å². The second-order valence-corrected chi connectivity index (χ2v) is 22.7. The molecule has 2 N–H and O–H groups in total. The van der Waals surface area contributed by atoms with Crippen LogP contribution < -0.4 is 10.6 Å². The number of ether oxygens (including phenoxy) is 1. The van der Waals surface area contributed by atoms with Crippen LogP contribution in [0.5, 0.6) is 0 Å². The largest absolute Gasteiger partial charge is 0.448 e. The quantitative estimate of drug-likeness (QED) is 0.0190. The zero-order valence-electron chi connectivity index (χ0n) is 45.1. The fourth-order valence-electron chi connectivity index (χ4n) is 10.7. The topological polar surface area (TPSA) is 135 Å². The number of carbonyl (C=O) groups excluding carboxylic acids is 3. The van der Waals surface area contributed by atoms with E-state index in [0.29, 0.717) is 16.5 Å². The Labute approximate surface area is 499 Å². The minimum absolute atomic E-state index is 0.0993. The highest BCUT2D eigenvalue weighted by Crippen LogP contribution is 2.45. The second-order valence-electron chi connectivity index (χ2n) is 19.8. The van der Waals surface area contributed by atoms with Gasteiger partial charge in [-0.25, -0.2) is 9.78 Å². The van der Waals surface area contributed by atoms with Crippen LogP contribution in [0.4, 0.5) is 5.13 Å². The molecule has 84 heavy (non-hydrogen) atoms. The molecular formula is C70H54N6O5S3. The summed E-state index contributed by atoms with van der Waals surface area (Å²) in [6.45, 7) is 0. The van der Waals surface area contributed by atoms with Gasteiger partial charge < -0.3 is 20.2 Å². The standard InChI is InChI=1S/C70H54N6O5S3/c77-64(73-61-65(78)76-62(51(47-83-66(61)76)43-46-82-58-41-44-71-45-42-58)67(79)80-63(49-25-9-1-10-26-49)50-27-11-2-12-28-50)60(75-81-70(55-35-19-6-20-36-55,56-37-21-7-22-38-56)57-39-23-8-24-40-57)59-48-84-68(72-59)74-69(52-29-13-3-14-30-52,53-31-15-4-16-32-53)54-33-17-5-18-34-54/h1-46,48,61,63,66H,47H2,(H,72,74)(H,73,77)/b46-43+,75-60-/t61?,66-/m1/s1. The molecule has 2 aromatic heterocycles. The number of carbonyl (C=O) groups is 3. The van der Waals surface area contributed by atoms with Gasteiger partial charge in [-0.2, -0.15) is 0 Å². The van der Waals surface area contributed by atoms with Gasteiger partial charge in [0.25, 0.3) is 11.8 Å². The minimum Gasteiger partial charge on any atom is -0.448 e. The van der Waals surface area contributed by atoms with E-state index in [1.807, 2.05) is 230 Å². The molecular weight excluding hydrogens is 1100 g/mol. The first-order valence-electron chi connectivity index (χ1n) is 27.3. The van der Waals surface area contributed by atoms with Crippen molar-refractivity contribution in [2.45, 2.75) is 33.6 Å².